The number of hydrogen-bond acceptors (Lipinski definition) is 3. The van der Waals surface area contributed by atoms with E-state index < -0.39 is 17.8 Å². The van der Waals surface area contributed by atoms with Crippen LogP contribution in [0.2, 0.25) is 0 Å². The highest BCUT2D eigenvalue weighted by atomic mass is 16.5. The van der Waals surface area contributed by atoms with Gasteiger partial charge in [0.1, 0.15) is 6.10 Å². The minimum absolute atomic E-state index is 0.0740. The molecule has 0 radical (unpaired) electrons. The number of aliphatic carboxylic acids is 1. The summed E-state index contributed by atoms with van der Waals surface area (Å²) >= 11 is 0. The maximum atomic E-state index is 13.0. The smallest absolute Gasteiger partial charge is 0.310 e. The van der Waals surface area contributed by atoms with Crippen molar-refractivity contribution >= 4 is 11.9 Å². The Bertz CT molecular complexity index is 532. The van der Waals surface area contributed by atoms with E-state index >= 15 is 0 Å². The summed E-state index contributed by atoms with van der Waals surface area (Å²) in [7, 11) is 0. The predicted molar refractivity (Wildman–Crippen MR) is 112 cm³/mol. The Hall–Kier alpha value is -1.06. The molecular weight excluding hydrogens is 352 g/mol. The minimum Gasteiger partial charge on any atom is -0.481 e. The van der Waals surface area contributed by atoms with E-state index in [1.54, 1.807) is 0 Å². The molecule has 0 bridgehead atoms. The van der Waals surface area contributed by atoms with Gasteiger partial charge in [-0.1, -0.05) is 54.4 Å². The summed E-state index contributed by atoms with van der Waals surface area (Å²) in [6.45, 7) is 13.5. The van der Waals surface area contributed by atoms with Crippen LogP contribution in [0.3, 0.4) is 0 Å². The lowest BCUT2D eigenvalue weighted by atomic mass is 9.68. The van der Waals surface area contributed by atoms with E-state index in [0.717, 1.165) is 38.0 Å². The van der Waals surface area contributed by atoms with Crippen LogP contribution in [0.1, 0.15) is 99.3 Å². The van der Waals surface area contributed by atoms with Crippen LogP contribution >= 0.6 is 0 Å². The van der Waals surface area contributed by atoms with E-state index in [4.69, 9.17) is 4.74 Å². The topological polar surface area (TPSA) is 63.6 Å². The lowest BCUT2D eigenvalue weighted by Crippen LogP contribution is -2.40. The molecule has 0 saturated heterocycles. The summed E-state index contributed by atoms with van der Waals surface area (Å²) in [5.74, 6) is -1.04. The second kappa shape index (κ2) is 9.17. The number of carboxylic acids is 1. The molecular formula is C24H42O4. The van der Waals surface area contributed by atoms with Crippen molar-refractivity contribution in [3.05, 3.63) is 0 Å². The van der Waals surface area contributed by atoms with Gasteiger partial charge in [-0.3, -0.25) is 9.59 Å². The van der Waals surface area contributed by atoms with Gasteiger partial charge in [0.2, 0.25) is 0 Å². The summed E-state index contributed by atoms with van der Waals surface area (Å²) in [4.78, 5) is 24.6. The van der Waals surface area contributed by atoms with Crippen molar-refractivity contribution in [3.8, 4) is 0 Å². The van der Waals surface area contributed by atoms with Crippen molar-refractivity contribution in [3.63, 3.8) is 0 Å². The summed E-state index contributed by atoms with van der Waals surface area (Å²) < 4.78 is 6.10. The zero-order valence-corrected chi connectivity index (χ0v) is 18.9. The lowest BCUT2D eigenvalue weighted by molar-refractivity contribution is -0.168. The monoisotopic (exact) mass is 394 g/mol. The Kier molecular flexibility index (Phi) is 7.61. The predicted octanol–water partition coefficient (Wildman–Crippen LogP) is 6.08. The van der Waals surface area contributed by atoms with Crippen molar-refractivity contribution in [2.45, 2.75) is 105 Å². The zero-order chi connectivity index (χ0) is 21.1. The second-order valence-corrected chi connectivity index (χ2v) is 11.6. The molecule has 4 nitrogen and oxygen atoms in total. The van der Waals surface area contributed by atoms with Gasteiger partial charge in [0.25, 0.3) is 0 Å². The van der Waals surface area contributed by atoms with Gasteiger partial charge in [0.15, 0.2) is 0 Å². The number of carboxylic acid groups (broad SMARTS) is 1. The number of rotatable bonds is 5. The fourth-order valence-electron chi connectivity index (χ4n) is 5.21. The molecule has 2 fully saturated rings. The van der Waals surface area contributed by atoms with Crippen LogP contribution in [0, 0.1) is 34.5 Å². The van der Waals surface area contributed by atoms with Gasteiger partial charge in [0.05, 0.1) is 11.8 Å². The molecule has 3 atom stereocenters. The normalized spacial score (nSPS) is 30.5. The molecule has 0 aromatic heterocycles. The first-order chi connectivity index (χ1) is 12.9. The quantitative estimate of drug-likeness (QED) is 0.574. The Labute approximate surface area is 171 Å². The Morgan fingerprint density at radius 2 is 1.43 bits per heavy atom. The van der Waals surface area contributed by atoms with Crippen LogP contribution in [0.15, 0.2) is 0 Å². The molecule has 0 aromatic rings. The van der Waals surface area contributed by atoms with Crippen molar-refractivity contribution in [1.29, 1.82) is 0 Å². The highest BCUT2D eigenvalue weighted by molar-refractivity contribution is 5.81. The van der Waals surface area contributed by atoms with Crippen LogP contribution < -0.4 is 0 Å². The maximum absolute atomic E-state index is 13.0. The van der Waals surface area contributed by atoms with Crippen molar-refractivity contribution < 1.29 is 19.4 Å². The number of ether oxygens (including phenoxy) is 1. The molecule has 2 aliphatic rings. The van der Waals surface area contributed by atoms with Gasteiger partial charge < -0.3 is 9.84 Å². The van der Waals surface area contributed by atoms with Gasteiger partial charge in [-0.15, -0.1) is 0 Å². The third-order valence-electron chi connectivity index (χ3n) is 6.99. The first-order valence-electron chi connectivity index (χ1n) is 11.3. The molecule has 0 heterocycles. The summed E-state index contributed by atoms with van der Waals surface area (Å²) in [5, 5.41) is 9.52. The van der Waals surface area contributed by atoms with E-state index in [2.05, 4.69) is 41.5 Å². The third kappa shape index (κ3) is 6.49. The van der Waals surface area contributed by atoms with Crippen LogP contribution in [-0.4, -0.2) is 23.1 Å². The first-order valence-corrected chi connectivity index (χ1v) is 11.3. The summed E-state index contributed by atoms with van der Waals surface area (Å²) in [6, 6.07) is 0. The van der Waals surface area contributed by atoms with Gasteiger partial charge in [-0.2, -0.15) is 0 Å². The van der Waals surface area contributed by atoms with E-state index in [1.165, 1.54) is 12.8 Å². The van der Waals surface area contributed by atoms with E-state index in [-0.39, 0.29) is 17.5 Å². The highest BCUT2D eigenvalue weighted by Gasteiger charge is 2.40. The van der Waals surface area contributed by atoms with Crippen LogP contribution in [0.5, 0.6) is 0 Å². The molecule has 162 valence electrons. The van der Waals surface area contributed by atoms with Crippen LogP contribution in [0.25, 0.3) is 0 Å². The molecule has 0 spiro atoms. The molecule has 28 heavy (non-hydrogen) atoms. The molecule has 0 aliphatic heterocycles. The lowest BCUT2D eigenvalue weighted by Gasteiger charge is -2.41. The number of carbonyl (C=O) groups excluding carboxylic acids is 1. The number of esters is 1. The average Bonchev–Trinajstić information content (AvgIpc) is 2.59. The van der Waals surface area contributed by atoms with Crippen LogP contribution in [-0.2, 0) is 14.3 Å². The van der Waals surface area contributed by atoms with Gasteiger partial charge in [-0.25, -0.2) is 0 Å². The van der Waals surface area contributed by atoms with Crippen molar-refractivity contribution in [1.82, 2.24) is 0 Å². The molecule has 2 aliphatic carbocycles. The first kappa shape index (κ1) is 23.2. The number of carbonyl (C=O) groups is 2. The molecule has 1 N–H and O–H groups in total. The average molecular weight is 395 g/mol. The molecule has 2 saturated carbocycles. The van der Waals surface area contributed by atoms with Gasteiger partial charge in [0, 0.05) is 0 Å². The molecule has 3 unspecified atom stereocenters. The largest absolute Gasteiger partial charge is 0.481 e. The SMILES string of the molecule is CC(C)(C)CC(OC(=O)C1CCCCC1C(=O)O)C1CCC(C(C)(C)C)CC1. The fraction of sp³-hybridized carbons (Fsp3) is 0.917. The Balaban J connectivity index is 2.07. The van der Waals surface area contributed by atoms with E-state index in [9.17, 15) is 14.7 Å². The highest BCUT2D eigenvalue weighted by Crippen LogP contribution is 2.43. The van der Waals surface area contributed by atoms with Crippen LogP contribution in [0.4, 0.5) is 0 Å². The fourth-order valence-corrected chi connectivity index (χ4v) is 5.21. The summed E-state index contributed by atoms with van der Waals surface area (Å²) in [5.41, 5.74) is 0.405. The molecule has 2 rings (SSSR count). The Morgan fingerprint density at radius 1 is 0.893 bits per heavy atom. The number of hydrogen-bond donors (Lipinski definition) is 1. The Morgan fingerprint density at radius 3 is 1.89 bits per heavy atom. The van der Waals surface area contributed by atoms with Gasteiger partial charge in [-0.05, 0) is 67.6 Å². The zero-order valence-electron chi connectivity index (χ0n) is 18.9. The van der Waals surface area contributed by atoms with Crippen molar-refractivity contribution in [2.75, 3.05) is 0 Å². The van der Waals surface area contributed by atoms with Crippen molar-refractivity contribution in [2.24, 2.45) is 34.5 Å². The second-order valence-electron chi connectivity index (χ2n) is 11.6. The molecule has 4 heteroatoms. The van der Waals surface area contributed by atoms with E-state index in [1.807, 2.05) is 0 Å². The van der Waals surface area contributed by atoms with Gasteiger partial charge >= 0.3 is 11.9 Å². The van der Waals surface area contributed by atoms with E-state index in [0.29, 0.717) is 24.2 Å². The summed E-state index contributed by atoms with van der Waals surface area (Å²) in [6.07, 6.45) is 8.38. The minimum atomic E-state index is -0.847. The maximum Gasteiger partial charge on any atom is 0.310 e. The molecule has 0 amide bonds. The standard InChI is InChI=1S/C24H42O4/c1-23(2,3)15-20(16-11-13-17(14-12-16)24(4,5)6)28-22(27)19-10-8-7-9-18(19)21(25)26/h16-20H,7-15H2,1-6H3,(H,25,26). The third-order valence-corrected chi connectivity index (χ3v) is 6.99. The molecule has 0 aromatic carbocycles.